The Kier molecular flexibility index (Phi) is 8.49. The molecule has 2 fully saturated rings. The zero-order chi connectivity index (χ0) is 20.5. The molecule has 160 valence electrons. The number of carbonyl (C=O) groups excluding carboxylic acids is 3. The monoisotopic (exact) mass is 420 g/mol. The topological polar surface area (TPSA) is 73.0 Å². The average molecular weight is 421 g/mol. The van der Waals surface area contributed by atoms with Gasteiger partial charge in [0.1, 0.15) is 0 Å². The molecule has 3 heterocycles. The van der Waals surface area contributed by atoms with Crippen molar-refractivity contribution in [3.05, 3.63) is 22.4 Å². The zero-order valence-corrected chi connectivity index (χ0v) is 17.9. The Labute approximate surface area is 177 Å². The SMILES string of the molecule is O=C(NCCCC(=O)N1CCN(CC(=O)N2CCCCCC2)CC1)c1cccs1. The summed E-state index contributed by atoms with van der Waals surface area (Å²) < 4.78 is 0. The van der Waals surface area contributed by atoms with Crippen molar-refractivity contribution in [2.24, 2.45) is 0 Å². The number of piperazine rings is 1. The average Bonchev–Trinajstić information content (AvgIpc) is 3.14. The maximum atomic E-state index is 12.5. The van der Waals surface area contributed by atoms with E-state index < -0.39 is 0 Å². The first-order chi connectivity index (χ1) is 14.1. The minimum absolute atomic E-state index is 0.0739. The first-order valence-electron chi connectivity index (χ1n) is 10.7. The summed E-state index contributed by atoms with van der Waals surface area (Å²) in [7, 11) is 0. The fraction of sp³-hybridized carbons (Fsp3) is 0.667. The van der Waals surface area contributed by atoms with Crippen molar-refractivity contribution < 1.29 is 14.4 Å². The summed E-state index contributed by atoms with van der Waals surface area (Å²) in [5.74, 6) is 0.289. The first kappa shape index (κ1) is 21.8. The van der Waals surface area contributed by atoms with Crippen molar-refractivity contribution >= 4 is 29.1 Å². The maximum Gasteiger partial charge on any atom is 0.261 e. The molecule has 1 N–H and O–H groups in total. The van der Waals surface area contributed by atoms with E-state index >= 15 is 0 Å². The van der Waals surface area contributed by atoms with E-state index in [1.165, 1.54) is 24.2 Å². The van der Waals surface area contributed by atoms with Gasteiger partial charge in [0.2, 0.25) is 11.8 Å². The van der Waals surface area contributed by atoms with Crippen molar-refractivity contribution in [2.45, 2.75) is 38.5 Å². The molecule has 1 aromatic heterocycles. The number of carbonyl (C=O) groups is 3. The molecule has 0 radical (unpaired) electrons. The Bertz CT molecular complexity index is 663. The van der Waals surface area contributed by atoms with Gasteiger partial charge in [-0.2, -0.15) is 0 Å². The number of amides is 3. The number of likely N-dealkylation sites (tertiary alicyclic amines) is 1. The van der Waals surface area contributed by atoms with Crippen LogP contribution in [-0.4, -0.2) is 84.8 Å². The van der Waals surface area contributed by atoms with Crippen molar-refractivity contribution in [1.29, 1.82) is 0 Å². The summed E-state index contributed by atoms with van der Waals surface area (Å²) in [5, 5.41) is 4.73. The normalized spacial score (nSPS) is 18.3. The molecule has 7 nitrogen and oxygen atoms in total. The predicted molar refractivity (Wildman–Crippen MR) is 114 cm³/mol. The summed E-state index contributed by atoms with van der Waals surface area (Å²) >= 11 is 1.41. The highest BCUT2D eigenvalue weighted by Gasteiger charge is 2.24. The lowest BCUT2D eigenvalue weighted by Gasteiger charge is -2.35. The quantitative estimate of drug-likeness (QED) is 0.683. The Morgan fingerprint density at radius 2 is 1.59 bits per heavy atom. The standard InChI is InChI=1S/C21H32N4O3S/c26-19(8-5-9-22-21(28)18-7-6-16-29-18)25-14-12-23(13-15-25)17-20(27)24-10-3-1-2-4-11-24/h6-7,16H,1-5,8-15,17H2,(H,22,28). The lowest BCUT2D eigenvalue weighted by molar-refractivity contribution is -0.135. The number of nitrogens with one attached hydrogen (secondary N) is 1. The third-order valence-corrected chi connectivity index (χ3v) is 6.51. The largest absolute Gasteiger partial charge is 0.351 e. The first-order valence-corrected chi connectivity index (χ1v) is 11.6. The number of hydrogen-bond acceptors (Lipinski definition) is 5. The smallest absolute Gasteiger partial charge is 0.261 e. The van der Waals surface area contributed by atoms with Crippen LogP contribution in [-0.2, 0) is 9.59 Å². The summed E-state index contributed by atoms with van der Waals surface area (Å²) in [6.45, 7) is 5.60. The van der Waals surface area contributed by atoms with Gasteiger partial charge in [-0.15, -0.1) is 11.3 Å². The molecule has 8 heteroatoms. The van der Waals surface area contributed by atoms with Gasteiger partial charge >= 0.3 is 0 Å². The highest BCUT2D eigenvalue weighted by molar-refractivity contribution is 7.12. The van der Waals surface area contributed by atoms with Crippen LogP contribution in [0.2, 0.25) is 0 Å². The number of rotatable bonds is 7. The molecule has 1 aromatic rings. The number of hydrogen-bond donors (Lipinski definition) is 1. The zero-order valence-electron chi connectivity index (χ0n) is 17.1. The van der Waals surface area contributed by atoms with Crippen LogP contribution >= 0.6 is 11.3 Å². The Morgan fingerprint density at radius 1 is 0.897 bits per heavy atom. The molecule has 0 spiro atoms. The molecule has 2 aliphatic rings. The van der Waals surface area contributed by atoms with E-state index in [9.17, 15) is 14.4 Å². The molecular formula is C21H32N4O3S. The highest BCUT2D eigenvalue weighted by atomic mass is 32.1. The van der Waals surface area contributed by atoms with Crippen LogP contribution in [0, 0.1) is 0 Å². The van der Waals surface area contributed by atoms with Crippen LogP contribution in [0.15, 0.2) is 17.5 Å². The second-order valence-corrected chi connectivity index (χ2v) is 8.74. The molecule has 0 saturated carbocycles. The summed E-state index contributed by atoms with van der Waals surface area (Å²) in [6, 6.07) is 3.65. The Balaban J connectivity index is 1.30. The maximum absolute atomic E-state index is 12.5. The van der Waals surface area contributed by atoms with Gasteiger partial charge in [0, 0.05) is 52.2 Å². The molecule has 0 bridgehead atoms. The van der Waals surface area contributed by atoms with Crippen molar-refractivity contribution in [3.8, 4) is 0 Å². The summed E-state index contributed by atoms with van der Waals surface area (Å²) in [6.07, 6.45) is 5.76. The van der Waals surface area contributed by atoms with E-state index in [1.54, 1.807) is 6.07 Å². The van der Waals surface area contributed by atoms with Gasteiger partial charge in [0.05, 0.1) is 11.4 Å². The van der Waals surface area contributed by atoms with Crippen LogP contribution in [0.1, 0.15) is 48.2 Å². The molecule has 2 saturated heterocycles. The van der Waals surface area contributed by atoms with Crippen LogP contribution in [0.4, 0.5) is 0 Å². The van der Waals surface area contributed by atoms with Crippen LogP contribution < -0.4 is 5.32 Å². The molecule has 0 aromatic carbocycles. The second kappa shape index (κ2) is 11.3. The van der Waals surface area contributed by atoms with Gasteiger partial charge in [0.25, 0.3) is 5.91 Å². The lowest BCUT2D eigenvalue weighted by Crippen LogP contribution is -2.51. The Morgan fingerprint density at radius 3 is 2.24 bits per heavy atom. The van der Waals surface area contributed by atoms with E-state index in [0.29, 0.717) is 43.9 Å². The van der Waals surface area contributed by atoms with E-state index in [2.05, 4.69) is 10.2 Å². The molecule has 29 heavy (non-hydrogen) atoms. The molecule has 3 rings (SSSR count). The van der Waals surface area contributed by atoms with Crippen molar-refractivity contribution in [1.82, 2.24) is 20.0 Å². The molecule has 0 aliphatic carbocycles. The van der Waals surface area contributed by atoms with Crippen LogP contribution in [0.3, 0.4) is 0 Å². The van der Waals surface area contributed by atoms with Gasteiger partial charge in [0.15, 0.2) is 0 Å². The highest BCUT2D eigenvalue weighted by Crippen LogP contribution is 2.11. The summed E-state index contributed by atoms with van der Waals surface area (Å²) in [5.41, 5.74) is 0. The number of thiophene rings is 1. The van der Waals surface area contributed by atoms with Crippen molar-refractivity contribution in [3.63, 3.8) is 0 Å². The molecule has 0 atom stereocenters. The predicted octanol–water partition coefficient (Wildman–Crippen LogP) is 1.80. The van der Waals surface area contributed by atoms with Gasteiger partial charge in [-0.3, -0.25) is 19.3 Å². The van der Waals surface area contributed by atoms with Crippen molar-refractivity contribution in [2.75, 3.05) is 52.4 Å². The van der Waals surface area contributed by atoms with Crippen LogP contribution in [0.5, 0.6) is 0 Å². The van der Waals surface area contributed by atoms with Gasteiger partial charge in [-0.05, 0) is 30.7 Å². The molecule has 0 unspecified atom stereocenters. The lowest BCUT2D eigenvalue weighted by atomic mass is 10.2. The van der Waals surface area contributed by atoms with E-state index in [0.717, 1.165) is 39.0 Å². The second-order valence-electron chi connectivity index (χ2n) is 7.79. The van der Waals surface area contributed by atoms with E-state index in [4.69, 9.17) is 0 Å². The van der Waals surface area contributed by atoms with Crippen LogP contribution in [0.25, 0.3) is 0 Å². The minimum atomic E-state index is -0.0739. The molecule has 2 aliphatic heterocycles. The number of nitrogens with zero attached hydrogens (tertiary/aromatic N) is 3. The van der Waals surface area contributed by atoms with Gasteiger partial charge in [-0.1, -0.05) is 18.9 Å². The fourth-order valence-electron chi connectivity index (χ4n) is 3.86. The van der Waals surface area contributed by atoms with Gasteiger partial charge < -0.3 is 15.1 Å². The third kappa shape index (κ3) is 6.82. The molecule has 3 amide bonds. The summed E-state index contributed by atoms with van der Waals surface area (Å²) in [4.78, 5) is 43.6. The van der Waals surface area contributed by atoms with Gasteiger partial charge in [-0.25, -0.2) is 0 Å². The molecular weight excluding hydrogens is 388 g/mol. The van der Waals surface area contributed by atoms with E-state index in [1.807, 2.05) is 21.2 Å². The Hall–Kier alpha value is -1.93. The minimum Gasteiger partial charge on any atom is -0.351 e. The fourth-order valence-corrected chi connectivity index (χ4v) is 4.50. The third-order valence-electron chi connectivity index (χ3n) is 5.64. The van der Waals surface area contributed by atoms with E-state index in [-0.39, 0.29) is 17.7 Å².